The zero-order valence-electron chi connectivity index (χ0n) is 25.8. The third-order valence-electron chi connectivity index (χ3n) is 7.28. The maximum atomic E-state index is 6.86. The van der Waals surface area contributed by atoms with Crippen LogP contribution in [-0.4, -0.2) is 21.3 Å². The summed E-state index contributed by atoms with van der Waals surface area (Å²) in [5.74, 6) is 2.80. The molecule has 0 bridgehead atoms. The molecule has 220 valence electrons. The predicted octanol–water partition coefficient (Wildman–Crippen LogP) is 10.4. The molecule has 42 heavy (non-hydrogen) atoms. The molecule has 7 heteroatoms. The molecule has 0 aliphatic carbocycles. The first-order chi connectivity index (χ1) is 19.9. The Bertz CT molecular complexity index is 1730. The summed E-state index contributed by atoms with van der Waals surface area (Å²) in [6.45, 7) is 12.9. The molecule has 1 aromatic heterocycles. The van der Waals surface area contributed by atoms with Gasteiger partial charge in [0, 0.05) is 33.0 Å². The first-order valence-corrected chi connectivity index (χ1v) is 15.1. The van der Waals surface area contributed by atoms with E-state index < -0.39 is 8.24 Å². The van der Waals surface area contributed by atoms with Crippen LogP contribution < -0.4 is 18.7 Å². The van der Waals surface area contributed by atoms with Crippen LogP contribution in [0.4, 0.5) is 0 Å². The van der Waals surface area contributed by atoms with Crippen molar-refractivity contribution in [1.82, 2.24) is 0 Å². The number of hydrogen-bond donors (Lipinski definition) is 0. The third kappa shape index (κ3) is 5.69. The molecule has 4 aromatic carbocycles. The molecular weight excluding hydrogens is 547 g/mol. The summed E-state index contributed by atoms with van der Waals surface area (Å²) in [6, 6.07) is 23.9. The lowest BCUT2D eigenvalue weighted by Crippen LogP contribution is -2.15. The average molecular weight is 587 g/mol. The number of para-hydroxylation sites is 2. The lowest BCUT2D eigenvalue weighted by atomic mass is 9.81. The molecule has 5 aromatic rings. The molecule has 0 unspecified atom stereocenters. The lowest BCUT2D eigenvalue weighted by molar-refractivity contribution is 0.389. The lowest BCUT2D eigenvalue weighted by Gasteiger charge is -2.28. The van der Waals surface area contributed by atoms with Crippen LogP contribution in [0.15, 0.2) is 81.2 Å². The molecular formula is C35H39O6P. The summed E-state index contributed by atoms with van der Waals surface area (Å²) in [6.07, 6.45) is 0. The molecule has 0 fully saturated rings. The van der Waals surface area contributed by atoms with E-state index in [1.807, 2.05) is 72.8 Å². The summed E-state index contributed by atoms with van der Waals surface area (Å²) >= 11 is 0. The van der Waals surface area contributed by atoms with Crippen molar-refractivity contribution in [2.45, 2.75) is 52.4 Å². The van der Waals surface area contributed by atoms with Gasteiger partial charge in [-0.05, 0) is 47.2 Å². The smallest absolute Gasteiger partial charge is 0.453 e. The van der Waals surface area contributed by atoms with E-state index in [9.17, 15) is 0 Å². The van der Waals surface area contributed by atoms with Gasteiger partial charge in [-0.1, -0.05) is 77.9 Å². The number of benzene rings is 4. The summed E-state index contributed by atoms with van der Waals surface area (Å²) in [5.41, 5.74) is 4.46. The van der Waals surface area contributed by atoms with Gasteiger partial charge in [0.2, 0.25) is 0 Å². The van der Waals surface area contributed by atoms with Crippen LogP contribution in [0.2, 0.25) is 0 Å². The van der Waals surface area contributed by atoms with Crippen LogP contribution in [0, 0.1) is 0 Å². The summed E-state index contributed by atoms with van der Waals surface area (Å²) in [5, 5.41) is 1.91. The van der Waals surface area contributed by atoms with Crippen LogP contribution in [0.25, 0.3) is 33.1 Å². The molecule has 5 rings (SSSR count). The average Bonchev–Trinajstić information content (AvgIpc) is 3.11. The maximum Gasteiger partial charge on any atom is 0.453 e. The second-order valence-electron chi connectivity index (χ2n) is 12.3. The Morgan fingerprint density at radius 2 is 0.976 bits per heavy atom. The van der Waals surface area contributed by atoms with Crippen LogP contribution in [-0.2, 0) is 10.8 Å². The van der Waals surface area contributed by atoms with Crippen molar-refractivity contribution < 1.29 is 27.1 Å². The van der Waals surface area contributed by atoms with Gasteiger partial charge < -0.3 is 27.1 Å². The van der Waals surface area contributed by atoms with Crippen LogP contribution >= 0.6 is 8.24 Å². The normalized spacial score (nSPS) is 11.9. The minimum atomic E-state index is -1.90. The minimum absolute atomic E-state index is 0.216. The third-order valence-corrected chi connectivity index (χ3v) is 8.31. The second-order valence-corrected chi connectivity index (χ2v) is 13.3. The minimum Gasteiger partial charge on any atom is -0.497 e. The van der Waals surface area contributed by atoms with E-state index in [1.54, 1.807) is 21.3 Å². The highest BCUT2D eigenvalue weighted by Gasteiger charge is 2.30. The van der Waals surface area contributed by atoms with E-state index in [-0.39, 0.29) is 10.8 Å². The second kappa shape index (κ2) is 11.3. The Morgan fingerprint density at radius 3 is 1.40 bits per heavy atom. The van der Waals surface area contributed by atoms with E-state index in [2.05, 4.69) is 41.5 Å². The van der Waals surface area contributed by atoms with Crippen LogP contribution in [0.1, 0.15) is 52.7 Å². The molecule has 0 spiro atoms. The van der Waals surface area contributed by atoms with Gasteiger partial charge in [0.1, 0.15) is 34.2 Å². The van der Waals surface area contributed by atoms with Gasteiger partial charge in [-0.3, -0.25) is 0 Å². The molecule has 6 nitrogen and oxygen atoms in total. The van der Waals surface area contributed by atoms with Crippen molar-refractivity contribution in [3.63, 3.8) is 0 Å². The van der Waals surface area contributed by atoms with Gasteiger partial charge in [0.25, 0.3) is 0 Å². The zero-order chi connectivity index (χ0) is 30.2. The van der Waals surface area contributed by atoms with Crippen molar-refractivity contribution in [1.29, 1.82) is 0 Å². The van der Waals surface area contributed by atoms with Crippen molar-refractivity contribution in [2.24, 2.45) is 0 Å². The Balaban J connectivity index is 1.87. The van der Waals surface area contributed by atoms with Gasteiger partial charge in [-0.15, -0.1) is 0 Å². The Labute approximate surface area is 248 Å². The molecule has 0 N–H and O–H groups in total. The molecule has 0 aliphatic heterocycles. The fourth-order valence-corrected chi connectivity index (χ4v) is 6.20. The Morgan fingerprint density at radius 1 is 0.548 bits per heavy atom. The van der Waals surface area contributed by atoms with Gasteiger partial charge in [-0.2, -0.15) is 0 Å². The molecule has 0 radical (unpaired) electrons. The fraction of sp³-hybridized carbons (Fsp3) is 0.314. The van der Waals surface area contributed by atoms with Crippen molar-refractivity contribution in [3.8, 4) is 34.1 Å². The highest BCUT2D eigenvalue weighted by Crippen LogP contribution is 2.51. The monoisotopic (exact) mass is 586 g/mol. The van der Waals surface area contributed by atoms with Gasteiger partial charge in [0.15, 0.2) is 0 Å². The summed E-state index contributed by atoms with van der Waals surface area (Å²) < 4.78 is 37.5. The molecule has 1 heterocycles. The topological polar surface area (TPSA) is 63.2 Å². The largest absolute Gasteiger partial charge is 0.497 e. The molecule has 0 amide bonds. The highest BCUT2D eigenvalue weighted by molar-refractivity contribution is 7.32. The van der Waals surface area contributed by atoms with E-state index >= 15 is 0 Å². The Hall–Kier alpha value is -4.02. The summed E-state index contributed by atoms with van der Waals surface area (Å²) in [7, 11) is 3.14. The summed E-state index contributed by atoms with van der Waals surface area (Å²) in [4.78, 5) is 0. The number of ether oxygens (including phenoxy) is 3. The molecule has 0 saturated carbocycles. The standard InChI is InChI=1S/C35H39O6P/c1-34(2,3)28-20-22(36-7)18-26(32(28)38-9)27-19-23(37-8)21-29(35(4,5)6)33(27)41-42-39-30-16-12-10-14-24(30)25-15-11-13-17-31(25)40-42/h10-21H,1-9H3. The van der Waals surface area contributed by atoms with Crippen molar-refractivity contribution in [3.05, 3.63) is 83.9 Å². The highest BCUT2D eigenvalue weighted by atomic mass is 31.1. The van der Waals surface area contributed by atoms with Crippen LogP contribution in [0.3, 0.4) is 0 Å². The molecule has 0 atom stereocenters. The number of fused-ring (bicyclic) bond motifs is 3. The fourth-order valence-electron chi connectivity index (χ4n) is 5.10. The van der Waals surface area contributed by atoms with Gasteiger partial charge >= 0.3 is 8.24 Å². The van der Waals surface area contributed by atoms with Crippen LogP contribution in [0.5, 0.6) is 23.0 Å². The first-order valence-electron chi connectivity index (χ1n) is 14.0. The van der Waals surface area contributed by atoms with E-state index in [4.69, 9.17) is 27.1 Å². The quantitative estimate of drug-likeness (QED) is 0.197. The van der Waals surface area contributed by atoms with Crippen molar-refractivity contribution >= 4 is 30.2 Å². The van der Waals surface area contributed by atoms with E-state index in [0.717, 1.165) is 44.5 Å². The maximum absolute atomic E-state index is 6.86. The number of hydrogen-bond acceptors (Lipinski definition) is 6. The predicted molar refractivity (Wildman–Crippen MR) is 171 cm³/mol. The molecule has 0 aliphatic rings. The SMILES string of the molecule is COc1cc(-c2cc(OC)cc(C(C)(C)C)c2Op2oc3ccccc3c3ccccc3o2)c(OC)c(C(C)(C)C)c1. The van der Waals surface area contributed by atoms with Gasteiger partial charge in [0.05, 0.1) is 21.3 Å². The van der Waals surface area contributed by atoms with E-state index in [0.29, 0.717) is 22.7 Å². The molecule has 0 saturated heterocycles. The number of rotatable bonds is 6. The number of methoxy groups -OCH3 is 3. The van der Waals surface area contributed by atoms with E-state index in [1.165, 1.54) is 0 Å². The Kier molecular flexibility index (Phi) is 7.96. The van der Waals surface area contributed by atoms with Gasteiger partial charge in [-0.25, -0.2) is 0 Å². The van der Waals surface area contributed by atoms with Crippen molar-refractivity contribution in [2.75, 3.05) is 21.3 Å². The first kappa shape index (κ1) is 29.5. The zero-order valence-corrected chi connectivity index (χ0v) is 26.7.